The first-order valence-corrected chi connectivity index (χ1v) is 15.1. The van der Waals surface area contributed by atoms with Crippen LogP contribution in [0.5, 0.6) is 0 Å². The average molecular weight is 537 g/mol. The standard InChI is InChI=1S/C40H56/c1-11-21-31(22-12-2)36-37(32(23-13-3)24-14-4)39(34(27-17-7)28-18-8)40(35(29-19-9)30-20-10)38(36)33(25-15-5)26-16-6/h11-20,31-36H,1-10,21-30H2. The Bertz CT molecular complexity index is 858. The Kier molecular flexibility index (Phi) is 17.3. The molecule has 0 spiro atoms. The minimum Gasteiger partial charge on any atom is -0.103 e. The van der Waals surface area contributed by atoms with Crippen LogP contribution in [-0.2, 0) is 0 Å². The molecule has 0 atom stereocenters. The minimum absolute atomic E-state index is 0.269. The van der Waals surface area contributed by atoms with Crippen LogP contribution >= 0.6 is 0 Å². The van der Waals surface area contributed by atoms with Gasteiger partial charge in [0.15, 0.2) is 0 Å². The number of hydrogen-bond donors (Lipinski definition) is 0. The van der Waals surface area contributed by atoms with Crippen molar-refractivity contribution in [3.8, 4) is 0 Å². The lowest BCUT2D eigenvalue weighted by molar-refractivity contribution is 0.366. The quantitative estimate of drug-likeness (QED) is 0.102. The van der Waals surface area contributed by atoms with E-state index in [1.165, 1.54) is 11.1 Å². The van der Waals surface area contributed by atoms with Crippen LogP contribution in [0.25, 0.3) is 0 Å². The van der Waals surface area contributed by atoms with Crippen molar-refractivity contribution in [2.75, 3.05) is 0 Å². The lowest BCUT2D eigenvalue weighted by Gasteiger charge is -2.35. The Morgan fingerprint density at radius 2 is 0.575 bits per heavy atom. The van der Waals surface area contributed by atoms with Crippen LogP contribution in [0.4, 0.5) is 0 Å². The van der Waals surface area contributed by atoms with Crippen molar-refractivity contribution in [2.45, 2.75) is 64.2 Å². The van der Waals surface area contributed by atoms with Gasteiger partial charge in [0.25, 0.3) is 0 Å². The Labute approximate surface area is 248 Å². The maximum Gasteiger partial charge on any atom is 0.00592 e. The van der Waals surface area contributed by atoms with Crippen molar-refractivity contribution in [3.63, 3.8) is 0 Å². The fourth-order valence-corrected chi connectivity index (χ4v) is 6.95. The lowest BCUT2D eigenvalue weighted by atomic mass is 9.69. The van der Waals surface area contributed by atoms with Gasteiger partial charge in [-0.15, -0.1) is 65.8 Å². The summed E-state index contributed by atoms with van der Waals surface area (Å²) in [6, 6.07) is 0. The normalized spacial score (nSPS) is 13.8. The molecule has 0 radical (unpaired) electrons. The topological polar surface area (TPSA) is 0 Å². The highest BCUT2D eigenvalue weighted by Gasteiger charge is 2.45. The van der Waals surface area contributed by atoms with Crippen LogP contribution in [0.15, 0.2) is 149 Å². The Balaban J connectivity index is 4.49. The molecule has 0 saturated carbocycles. The summed E-state index contributed by atoms with van der Waals surface area (Å²) >= 11 is 0. The zero-order chi connectivity index (χ0) is 29.9. The predicted octanol–water partition coefficient (Wildman–Crippen LogP) is 12.1. The molecule has 0 aromatic heterocycles. The molecule has 40 heavy (non-hydrogen) atoms. The first kappa shape index (κ1) is 34.9. The van der Waals surface area contributed by atoms with Crippen LogP contribution in [0.2, 0.25) is 0 Å². The third kappa shape index (κ3) is 8.95. The van der Waals surface area contributed by atoms with E-state index in [0.717, 1.165) is 64.2 Å². The molecular weight excluding hydrogens is 480 g/mol. The predicted molar refractivity (Wildman–Crippen MR) is 183 cm³/mol. The average Bonchev–Trinajstić information content (AvgIpc) is 3.28. The van der Waals surface area contributed by atoms with Crippen molar-refractivity contribution in [3.05, 3.63) is 149 Å². The number of hydrogen-bond acceptors (Lipinski definition) is 0. The Morgan fingerprint density at radius 1 is 0.350 bits per heavy atom. The fourth-order valence-electron chi connectivity index (χ4n) is 6.95. The molecule has 0 aromatic rings. The van der Waals surface area contributed by atoms with Gasteiger partial charge in [0, 0.05) is 5.92 Å². The monoisotopic (exact) mass is 536 g/mol. The van der Waals surface area contributed by atoms with Gasteiger partial charge in [-0.3, -0.25) is 0 Å². The van der Waals surface area contributed by atoms with Crippen LogP contribution < -0.4 is 0 Å². The smallest absolute Gasteiger partial charge is 0.00592 e. The second-order valence-electron chi connectivity index (χ2n) is 11.0. The number of allylic oxidation sites excluding steroid dienone is 14. The van der Waals surface area contributed by atoms with Gasteiger partial charge in [-0.25, -0.2) is 0 Å². The molecule has 0 N–H and O–H groups in total. The Hall–Kier alpha value is -3.12. The summed E-state index contributed by atoms with van der Waals surface area (Å²) in [6.45, 7) is 41.8. The first-order valence-electron chi connectivity index (χ1n) is 15.1. The fraction of sp³-hybridized carbons (Fsp3) is 0.400. The summed E-state index contributed by atoms with van der Waals surface area (Å²) in [4.78, 5) is 0. The molecule has 0 saturated heterocycles. The summed E-state index contributed by atoms with van der Waals surface area (Å²) in [7, 11) is 0. The summed E-state index contributed by atoms with van der Waals surface area (Å²) in [6.07, 6.45) is 29.9. The van der Waals surface area contributed by atoms with Crippen LogP contribution in [0.1, 0.15) is 64.2 Å². The summed E-state index contributed by atoms with van der Waals surface area (Å²) in [5, 5.41) is 0. The van der Waals surface area contributed by atoms with Gasteiger partial charge in [-0.2, -0.15) is 0 Å². The van der Waals surface area contributed by atoms with E-state index in [-0.39, 0.29) is 5.92 Å². The highest BCUT2D eigenvalue weighted by Crippen LogP contribution is 2.57. The molecule has 0 aliphatic heterocycles. The zero-order valence-corrected chi connectivity index (χ0v) is 25.4. The maximum atomic E-state index is 4.18. The van der Waals surface area contributed by atoms with E-state index in [2.05, 4.69) is 127 Å². The molecule has 0 amide bonds. The summed E-state index contributed by atoms with van der Waals surface area (Å²) < 4.78 is 0. The third-order valence-corrected chi connectivity index (χ3v) is 8.30. The molecule has 1 aliphatic carbocycles. The van der Waals surface area contributed by atoms with Gasteiger partial charge in [-0.1, -0.05) is 71.9 Å². The molecular formula is C40H56. The van der Waals surface area contributed by atoms with E-state index in [4.69, 9.17) is 0 Å². The second kappa shape index (κ2) is 19.9. The van der Waals surface area contributed by atoms with E-state index in [9.17, 15) is 0 Å². The lowest BCUT2D eigenvalue weighted by Crippen LogP contribution is -2.25. The molecule has 0 heteroatoms. The highest BCUT2D eigenvalue weighted by atomic mass is 14.5. The van der Waals surface area contributed by atoms with Crippen LogP contribution in [0, 0.1) is 35.5 Å². The van der Waals surface area contributed by atoms with E-state index in [1.54, 1.807) is 11.1 Å². The SMILES string of the molecule is C=CCC(CC=C)C1=C(C(CC=C)CC=C)C(C(CC=C)CC=C)C(C(CC=C)CC=C)=C1C(CC=C)CC=C. The molecule has 0 heterocycles. The van der Waals surface area contributed by atoms with Gasteiger partial charge in [0.1, 0.15) is 0 Å². The molecule has 0 unspecified atom stereocenters. The van der Waals surface area contributed by atoms with Crippen molar-refractivity contribution in [1.29, 1.82) is 0 Å². The molecule has 0 aromatic carbocycles. The van der Waals surface area contributed by atoms with Gasteiger partial charge in [0.2, 0.25) is 0 Å². The second-order valence-corrected chi connectivity index (χ2v) is 11.0. The largest absolute Gasteiger partial charge is 0.103 e. The number of rotatable bonds is 25. The van der Waals surface area contributed by atoms with Crippen molar-refractivity contribution in [1.82, 2.24) is 0 Å². The van der Waals surface area contributed by atoms with E-state index in [0.29, 0.717) is 29.6 Å². The minimum atomic E-state index is 0.269. The third-order valence-electron chi connectivity index (χ3n) is 8.30. The summed E-state index contributed by atoms with van der Waals surface area (Å²) in [5.74, 6) is 1.87. The molecule has 0 nitrogen and oxygen atoms in total. The van der Waals surface area contributed by atoms with E-state index in [1.807, 2.05) is 0 Å². The van der Waals surface area contributed by atoms with Crippen LogP contribution in [0.3, 0.4) is 0 Å². The molecule has 216 valence electrons. The van der Waals surface area contributed by atoms with Gasteiger partial charge in [-0.05, 0) is 105 Å². The van der Waals surface area contributed by atoms with Gasteiger partial charge in [0.05, 0.1) is 0 Å². The van der Waals surface area contributed by atoms with Gasteiger partial charge < -0.3 is 0 Å². The van der Waals surface area contributed by atoms with E-state index < -0.39 is 0 Å². The molecule has 0 bridgehead atoms. The molecule has 1 aliphatic rings. The zero-order valence-electron chi connectivity index (χ0n) is 25.4. The van der Waals surface area contributed by atoms with Crippen molar-refractivity contribution >= 4 is 0 Å². The van der Waals surface area contributed by atoms with Crippen LogP contribution in [-0.4, -0.2) is 0 Å². The molecule has 0 fully saturated rings. The van der Waals surface area contributed by atoms with E-state index >= 15 is 0 Å². The molecule has 1 rings (SSSR count). The van der Waals surface area contributed by atoms with Crippen molar-refractivity contribution < 1.29 is 0 Å². The maximum absolute atomic E-state index is 4.18. The first-order chi connectivity index (χ1) is 19.5. The highest BCUT2D eigenvalue weighted by molar-refractivity contribution is 5.55. The van der Waals surface area contributed by atoms with Crippen molar-refractivity contribution in [2.24, 2.45) is 35.5 Å². The van der Waals surface area contributed by atoms with Gasteiger partial charge >= 0.3 is 0 Å². The Morgan fingerprint density at radius 3 is 0.800 bits per heavy atom. The summed E-state index contributed by atoms with van der Waals surface area (Å²) in [5.41, 5.74) is 6.14.